The molecule has 2 fully saturated rings. The minimum absolute atomic E-state index is 0.00980. The van der Waals surface area contributed by atoms with Gasteiger partial charge in [-0.25, -0.2) is 4.79 Å². The highest BCUT2D eigenvalue weighted by atomic mass is 16.8. The van der Waals surface area contributed by atoms with Crippen LogP contribution in [0.3, 0.4) is 0 Å². The number of hydrogen-bond donors (Lipinski definition) is 2. The normalized spacial score (nSPS) is 23.2. The summed E-state index contributed by atoms with van der Waals surface area (Å²) in [7, 11) is 3.88. The number of likely N-dealkylation sites (N-methyl/N-ethyl adjacent to an activating group) is 2. The Bertz CT molecular complexity index is 653. The highest BCUT2D eigenvalue weighted by Crippen LogP contribution is 2.13. The first kappa shape index (κ1) is 22.8. The zero-order valence-electron chi connectivity index (χ0n) is 17.1. The van der Waals surface area contributed by atoms with Crippen molar-refractivity contribution in [3.63, 3.8) is 0 Å². The van der Waals surface area contributed by atoms with Crippen LogP contribution in [0.2, 0.25) is 0 Å². The third kappa shape index (κ3) is 6.50. The molecule has 0 saturated carbocycles. The third-order valence-corrected chi connectivity index (χ3v) is 5.10. The van der Waals surface area contributed by atoms with Crippen LogP contribution in [0.5, 0.6) is 0 Å². The molecule has 2 aliphatic rings. The molecule has 2 atom stereocenters. The van der Waals surface area contributed by atoms with Crippen LogP contribution < -0.4 is 10.6 Å². The summed E-state index contributed by atoms with van der Waals surface area (Å²) in [5.41, 5.74) is 0. The van der Waals surface area contributed by atoms with Crippen LogP contribution in [0.25, 0.3) is 0 Å². The summed E-state index contributed by atoms with van der Waals surface area (Å²) in [6.07, 6.45) is -0.0415. The average molecular weight is 420 g/mol. The van der Waals surface area contributed by atoms with Gasteiger partial charge >= 0.3 is 5.97 Å². The fraction of sp³-hybridized carbons (Fsp3) is 0.722. The van der Waals surface area contributed by atoms with Gasteiger partial charge in [0.15, 0.2) is 0 Å². The summed E-state index contributed by atoms with van der Waals surface area (Å²) < 4.78 is 0. The first-order chi connectivity index (χ1) is 13.7. The van der Waals surface area contributed by atoms with Crippen molar-refractivity contribution in [3.05, 3.63) is 0 Å². The Hall–Kier alpha value is -2.53. The van der Waals surface area contributed by atoms with E-state index in [-0.39, 0.29) is 56.6 Å². The quantitative estimate of drug-likeness (QED) is 0.269. The van der Waals surface area contributed by atoms with Gasteiger partial charge in [-0.1, -0.05) is 0 Å². The van der Waals surface area contributed by atoms with E-state index in [4.69, 9.17) is 4.84 Å². The number of nitrogens with zero attached hydrogens (tertiary/aromatic N) is 3. The molecule has 4 amide bonds. The van der Waals surface area contributed by atoms with Gasteiger partial charge in [0.25, 0.3) is 11.8 Å². The molecular formula is C18H29N5O6. The molecule has 11 nitrogen and oxygen atoms in total. The van der Waals surface area contributed by atoms with E-state index in [1.165, 1.54) is 0 Å². The van der Waals surface area contributed by atoms with Crippen molar-refractivity contribution in [3.8, 4) is 0 Å². The number of carbonyl (C=O) groups is 5. The van der Waals surface area contributed by atoms with E-state index >= 15 is 0 Å². The molecule has 0 aromatic rings. The zero-order valence-corrected chi connectivity index (χ0v) is 17.1. The first-order valence-corrected chi connectivity index (χ1v) is 9.70. The maximum absolute atomic E-state index is 12.3. The van der Waals surface area contributed by atoms with Crippen molar-refractivity contribution in [2.75, 3.05) is 40.3 Å². The Morgan fingerprint density at radius 3 is 2.24 bits per heavy atom. The Morgan fingerprint density at radius 2 is 1.59 bits per heavy atom. The number of amides is 4. The molecular weight excluding hydrogens is 391 g/mol. The lowest BCUT2D eigenvalue weighted by atomic mass is 10.1. The van der Waals surface area contributed by atoms with Gasteiger partial charge in [-0.05, 0) is 21.0 Å². The van der Waals surface area contributed by atoms with Gasteiger partial charge in [0.05, 0.1) is 6.42 Å². The topological polar surface area (TPSA) is 128 Å². The van der Waals surface area contributed by atoms with Crippen LogP contribution in [0, 0.1) is 0 Å². The fourth-order valence-corrected chi connectivity index (χ4v) is 3.17. The number of nitrogens with one attached hydrogen (secondary N) is 2. The van der Waals surface area contributed by atoms with Crippen LogP contribution in [-0.4, -0.2) is 96.8 Å². The number of piperazine rings is 1. The Balaban J connectivity index is 1.60. The monoisotopic (exact) mass is 420 g/mol. The molecule has 0 bridgehead atoms. The van der Waals surface area contributed by atoms with Crippen molar-refractivity contribution >= 4 is 29.6 Å². The molecule has 29 heavy (non-hydrogen) atoms. The lowest BCUT2D eigenvalue weighted by Crippen LogP contribution is -2.59. The summed E-state index contributed by atoms with van der Waals surface area (Å²) in [6.45, 7) is 3.72. The summed E-state index contributed by atoms with van der Waals surface area (Å²) in [6, 6.07) is 0.119. The summed E-state index contributed by atoms with van der Waals surface area (Å²) in [5, 5.41) is 5.77. The smallest absolute Gasteiger partial charge is 0.334 e. The van der Waals surface area contributed by atoms with Crippen LogP contribution in [0.15, 0.2) is 0 Å². The second-order valence-corrected chi connectivity index (χ2v) is 7.43. The van der Waals surface area contributed by atoms with Crippen molar-refractivity contribution in [1.82, 2.24) is 25.5 Å². The number of rotatable bonds is 8. The number of imide groups is 1. The summed E-state index contributed by atoms with van der Waals surface area (Å²) >= 11 is 0. The highest BCUT2D eigenvalue weighted by Gasteiger charge is 2.33. The summed E-state index contributed by atoms with van der Waals surface area (Å²) in [4.78, 5) is 67.4. The van der Waals surface area contributed by atoms with Crippen LogP contribution >= 0.6 is 0 Å². The van der Waals surface area contributed by atoms with E-state index in [9.17, 15) is 24.0 Å². The van der Waals surface area contributed by atoms with E-state index < -0.39 is 17.8 Å². The second-order valence-electron chi connectivity index (χ2n) is 7.43. The molecule has 11 heteroatoms. The second kappa shape index (κ2) is 10.3. The van der Waals surface area contributed by atoms with Crippen molar-refractivity contribution < 1.29 is 28.8 Å². The van der Waals surface area contributed by atoms with Crippen LogP contribution in [-0.2, 0) is 28.8 Å². The molecule has 0 spiro atoms. The van der Waals surface area contributed by atoms with Crippen LogP contribution in [0.1, 0.15) is 32.6 Å². The predicted molar refractivity (Wildman–Crippen MR) is 101 cm³/mol. The van der Waals surface area contributed by atoms with Crippen molar-refractivity contribution in [2.24, 2.45) is 0 Å². The molecule has 0 aromatic heterocycles. The number of hydrogen-bond acceptors (Lipinski definition) is 8. The largest absolute Gasteiger partial charge is 0.355 e. The van der Waals surface area contributed by atoms with Crippen molar-refractivity contribution in [2.45, 2.75) is 44.7 Å². The maximum Gasteiger partial charge on any atom is 0.334 e. The van der Waals surface area contributed by atoms with Gasteiger partial charge in [-0.15, -0.1) is 5.06 Å². The molecule has 2 aliphatic heterocycles. The van der Waals surface area contributed by atoms with Gasteiger partial charge in [-0.3, -0.25) is 24.1 Å². The van der Waals surface area contributed by atoms with Gasteiger partial charge in [0, 0.05) is 51.5 Å². The minimum Gasteiger partial charge on any atom is -0.355 e. The summed E-state index contributed by atoms with van der Waals surface area (Å²) in [5.74, 6) is -2.32. The van der Waals surface area contributed by atoms with Gasteiger partial charge < -0.3 is 20.4 Å². The lowest BCUT2D eigenvalue weighted by Gasteiger charge is -2.41. The minimum atomic E-state index is -0.777. The SMILES string of the molecule is CC1CN([13CH3])C(C(=O)[15NH][13CH2][13CH2][13C](=O)[15NH][13CH2][13CH2][13C](=O)ON2C(=O)CCC2=O)CN1C. The standard InChI is InChI=1S/C18H29N5O6/c1-12-10-22(3)13(11-21(12)2)18(28)20-8-6-14(24)19-9-7-17(27)29-23-15(25)4-5-16(23)26/h12-13H,4-11H2,1-3H3,(H,19,24)(H,20,28)/i3+1,6+1,7+1,8+1,9+1,14+1,17+1,19+1,20+1. The van der Waals surface area contributed by atoms with E-state index in [0.717, 1.165) is 6.54 Å². The first-order valence-electron chi connectivity index (χ1n) is 9.70. The predicted octanol–water partition coefficient (Wildman–Crippen LogP) is -1.76. The van der Waals surface area contributed by atoms with Crippen LogP contribution in [0.4, 0.5) is 0 Å². The average Bonchev–Trinajstić information content (AvgIpc) is 2.96. The Morgan fingerprint density at radius 1 is 0.966 bits per heavy atom. The molecule has 2 heterocycles. The zero-order chi connectivity index (χ0) is 21.6. The maximum atomic E-state index is 12.3. The fourth-order valence-electron chi connectivity index (χ4n) is 3.17. The van der Waals surface area contributed by atoms with Gasteiger partial charge in [0.1, 0.15) is 6.04 Å². The molecule has 162 valence electrons. The van der Waals surface area contributed by atoms with Gasteiger partial charge in [0.2, 0.25) is 11.8 Å². The number of hydroxylamine groups is 2. The van der Waals surface area contributed by atoms with Crippen molar-refractivity contribution in [1.29, 1.82) is 0 Å². The van der Waals surface area contributed by atoms with E-state index in [1.54, 1.807) is 0 Å². The van der Waals surface area contributed by atoms with E-state index in [2.05, 4.69) is 22.5 Å². The molecule has 0 aromatic carbocycles. The Kier molecular flexibility index (Phi) is 8.09. The number of carbonyl (C=O) groups excluding carboxylic acids is 5. The Labute approximate surface area is 169 Å². The lowest BCUT2D eigenvalue weighted by molar-refractivity contribution is -0.197. The highest BCUT2D eigenvalue weighted by molar-refractivity contribution is 6.01. The van der Waals surface area contributed by atoms with E-state index in [0.29, 0.717) is 17.6 Å². The molecule has 2 unspecified atom stereocenters. The van der Waals surface area contributed by atoms with E-state index in [1.807, 2.05) is 19.0 Å². The van der Waals surface area contributed by atoms with Gasteiger partial charge in [-0.2, -0.15) is 0 Å². The molecule has 0 aliphatic carbocycles. The molecule has 2 saturated heterocycles. The third-order valence-electron chi connectivity index (χ3n) is 5.10. The molecule has 2 rings (SSSR count). The molecule has 0 radical (unpaired) electrons. The molecule has 2 N–H and O–H groups in total.